The molecule has 0 aliphatic heterocycles. The first-order chi connectivity index (χ1) is 17.7. The number of amides is 1. The van der Waals surface area contributed by atoms with Gasteiger partial charge in [-0.15, -0.1) is 0 Å². The molecule has 0 unspecified atom stereocenters. The van der Waals surface area contributed by atoms with Gasteiger partial charge in [0, 0.05) is 12.2 Å². The number of anilines is 1. The van der Waals surface area contributed by atoms with E-state index in [9.17, 15) is 23.6 Å². The Kier molecular flexibility index (Phi) is 7.32. The van der Waals surface area contributed by atoms with E-state index >= 15 is 0 Å². The van der Waals surface area contributed by atoms with Crippen molar-refractivity contribution in [2.24, 2.45) is 0 Å². The summed E-state index contributed by atoms with van der Waals surface area (Å²) in [7, 11) is 0. The fourth-order valence-corrected chi connectivity index (χ4v) is 4.10. The molecule has 0 aliphatic rings. The van der Waals surface area contributed by atoms with Gasteiger partial charge in [-0.3, -0.25) is 23.4 Å². The summed E-state index contributed by atoms with van der Waals surface area (Å²) in [5.74, 6) is -1.42. The van der Waals surface area contributed by atoms with Gasteiger partial charge in [-0.05, 0) is 62.7 Å². The number of carbonyl (C=O) groups excluding carboxylic acids is 2. The summed E-state index contributed by atoms with van der Waals surface area (Å²) >= 11 is 0. The summed E-state index contributed by atoms with van der Waals surface area (Å²) < 4.78 is 22.1. The van der Waals surface area contributed by atoms with Gasteiger partial charge < -0.3 is 10.1 Å². The van der Waals surface area contributed by atoms with Gasteiger partial charge in [0.2, 0.25) is 5.91 Å². The molecule has 11 heteroatoms. The van der Waals surface area contributed by atoms with Crippen LogP contribution < -0.4 is 16.6 Å². The molecule has 0 spiro atoms. The fraction of sp³-hybridized carbons (Fsp3) is 0.269. The summed E-state index contributed by atoms with van der Waals surface area (Å²) in [6.07, 6.45) is 0. The highest BCUT2D eigenvalue weighted by molar-refractivity contribution is 5.93. The highest BCUT2D eigenvalue weighted by atomic mass is 19.1. The first kappa shape index (κ1) is 25.5. The lowest BCUT2D eigenvalue weighted by Crippen LogP contribution is -2.42. The number of hydrogen-bond donors (Lipinski definition) is 1. The first-order valence-corrected chi connectivity index (χ1v) is 11.8. The molecule has 0 atom stereocenters. The van der Waals surface area contributed by atoms with Gasteiger partial charge >= 0.3 is 11.7 Å². The van der Waals surface area contributed by atoms with Crippen LogP contribution >= 0.6 is 0 Å². The van der Waals surface area contributed by atoms with Crippen LogP contribution in [0.15, 0.2) is 58.1 Å². The predicted molar refractivity (Wildman–Crippen MR) is 135 cm³/mol. The normalized spacial score (nSPS) is 11.0. The van der Waals surface area contributed by atoms with E-state index < -0.39 is 28.9 Å². The van der Waals surface area contributed by atoms with Crippen molar-refractivity contribution in [2.75, 3.05) is 11.9 Å². The largest absolute Gasteiger partial charge is 0.462 e. The zero-order valence-electron chi connectivity index (χ0n) is 20.7. The minimum atomic E-state index is -0.687. The minimum Gasteiger partial charge on any atom is -0.462 e. The lowest BCUT2D eigenvalue weighted by Gasteiger charge is -2.13. The van der Waals surface area contributed by atoms with Crippen LogP contribution in [-0.2, 0) is 29.2 Å². The number of benzene rings is 2. The number of rotatable bonds is 8. The molecule has 1 amide bonds. The van der Waals surface area contributed by atoms with Gasteiger partial charge in [0.15, 0.2) is 5.52 Å². The minimum absolute atomic E-state index is 0.0984. The van der Waals surface area contributed by atoms with E-state index in [0.29, 0.717) is 29.1 Å². The van der Waals surface area contributed by atoms with Crippen molar-refractivity contribution in [3.8, 4) is 0 Å². The van der Waals surface area contributed by atoms with Gasteiger partial charge in [0.05, 0.1) is 24.4 Å². The van der Waals surface area contributed by atoms with Crippen molar-refractivity contribution >= 4 is 28.6 Å². The van der Waals surface area contributed by atoms with Gasteiger partial charge in [0.1, 0.15) is 17.9 Å². The molecule has 1 N–H and O–H groups in total. The number of ether oxygens (including phenoxy) is 1. The van der Waals surface area contributed by atoms with Crippen molar-refractivity contribution in [3.05, 3.63) is 92.0 Å². The predicted octanol–water partition coefficient (Wildman–Crippen LogP) is 2.69. The molecule has 0 bridgehead atoms. The monoisotopic (exact) mass is 507 g/mol. The molecule has 10 nitrogen and oxygen atoms in total. The lowest BCUT2D eigenvalue weighted by molar-refractivity contribution is -0.116. The number of nitrogens with zero attached hydrogens (tertiary/aromatic N) is 4. The summed E-state index contributed by atoms with van der Waals surface area (Å²) in [5.41, 5.74) is 0.999. The summed E-state index contributed by atoms with van der Waals surface area (Å²) in [6, 6.07) is 11.6. The van der Waals surface area contributed by atoms with Crippen LogP contribution in [0.25, 0.3) is 11.0 Å². The molecule has 4 aromatic rings. The molecule has 0 saturated carbocycles. The average Bonchev–Trinajstić information content (AvgIpc) is 3.22. The van der Waals surface area contributed by atoms with Crippen LogP contribution in [0.2, 0.25) is 0 Å². The Balaban J connectivity index is 1.70. The number of aromatic nitrogens is 4. The quantitative estimate of drug-likeness (QED) is 0.367. The Labute approximate surface area is 210 Å². The van der Waals surface area contributed by atoms with Crippen LogP contribution in [-0.4, -0.2) is 37.4 Å². The molecule has 2 aromatic heterocycles. The number of fused-ring (bicyclic) bond motifs is 1. The Morgan fingerprint density at radius 3 is 2.27 bits per heavy atom. The lowest BCUT2D eigenvalue weighted by atomic mass is 10.2. The van der Waals surface area contributed by atoms with Crippen LogP contribution in [0, 0.1) is 12.7 Å². The van der Waals surface area contributed by atoms with E-state index in [0.717, 1.165) is 4.57 Å². The van der Waals surface area contributed by atoms with Crippen molar-refractivity contribution in [3.63, 3.8) is 0 Å². The maximum absolute atomic E-state index is 13.5. The van der Waals surface area contributed by atoms with Crippen LogP contribution in [0.3, 0.4) is 0 Å². The van der Waals surface area contributed by atoms with Gasteiger partial charge in [-0.2, -0.15) is 5.10 Å². The van der Waals surface area contributed by atoms with Gasteiger partial charge in [0.25, 0.3) is 5.56 Å². The Bertz CT molecular complexity index is 1580. The average molecular weight is 508 g/mol. The summed E-state index contributed by atoms with van der Waals surface area (Å²) in [4.78, 5) is 51.6. The van der Waals surface area contributed by atoms with Crippen molar-refractivity contribution < 1.29 is 18.7 Å². The van der Waals surface area contributed by atoms with E-state index in [1.165, 1.54) is 45.6 Å². The molecule has 0 aliphatic carbocycles. The van der Waals surface area contributed by atoms with Crippen molar-refractivity contribution in [1.29, 1.82) is 0 Å². The molecule has 2 heterocycles. The maximum atomic E-state index is 13.5. The van der Waals surface area contributed by atoms with Crippen LogP contribution in [0.5, 0.6) is 0 Å². The third-order valence-electron chi connectivity index (χ3n) is 5.81. The molecule has 0 fully saturated rings. The topological polar surface area (TPSA) is 117 Å². The van der Waals surface area contributed by atoms with Crippen molar-refractivity contribution in [1.82, 2.24) is 18.9 Å². The van der Waals surface area contributed by atoms with E-state index in [1.807, 2.05) is 6.92 Å². The van der Waals surface area contributed by atoms with E-state index in [4.69, 9.17) is 4.74 Å². The highest BCUT2D eigenvalue weighted by Crippen LogP contribution is 2.15. The van der Waals surface area contributed by atoms with Crippen LogP contribution in [0.4, 0.5) is 10.1 Å². The van der Waals surface area contributed by atoms with E-state index in [2.05, 4.69) is 10.4 Å². The van der Waals surface area contributed by atoms with E-state index in [1.54, 1.807) is 26.0 Å². The first-order valence-electron chi connectivity index (χ1n) is 11.8. The second-order valence-corrected chi connectivity index (χ2v) is 8.33. The summed E-state index contributed by atoms with van der Waals surface area (Å²) in [5, 5.41) is 7.09. The molecule has 192 valence electrons. The van der Waals surface area contributed by atoms with Gasteiger partial charge in [-0.1, -0.05) is 12.1 Å². The fourth-order valence-electron chi connectivity index (χ4n) is 4.10. The molecular formula is C26H26FN5O5. The zero-order chi connectivity index (χ0) is 26.7. The Morgan fingerprint density at radius 1 is 0.973 bits per heavy atom. The maximum Gasteiger partial charge on any atom is 0.338 e. The Morgan fingerprint density at radius 2 is 1.65 bits per heavy atom. The van der Waals surface area contributed by atoms with E-state index in [-0.39, 0.29) is 30.7 Å². The smallest absolute Gasteiger partial charge is 0.338 e. The second kappa shape index (κ2) is 10.6. The van der Waals surface area contributed by atoms with Crippen molar-refractivity contribution in [2.45, 2.75) is 40.4 Å². The van der Waals surface area contributed by atoms with Crippen LogP contribution in [0.1, 0.15) is 35.5 Å². The number of halogens is 1. The number of aryl methyl sites for hydroxylation is 2. The standard InChI is InChI=1S/C26H26FN5O5/c1-4-32-23-22(16(3)29-32)30(26(36)31(24(23)34)14-17-6-10-19(27)11-7-17)15-21(33)28-20-12-8-18(9-13-20)25(35)37-5-2/h6-13H,4-5,14-15H2,1-3H3,(H,28,33). The summed E-state index contributed by atoms with van der Waals surface area (Å²) in [6.45, 7) is 5.34. The Hall–Kier alpha value is -4.54. The third-order valence-corrected chi connectivity index (χ3v) is 5.81. The third kappa shape index (κ3) is 5.20. The number of esters is 1. The SMILES string of the molecule is CCOC(=O)c1ccc(NC(=O)Cn2c(=O)n(Cc3ccc(F)cc3)c(=O)c3c2c(C)nn3CC)cc1. The highest BCUT2D eigenvalue weighted by Gasteiger charge is 2.22. The van der Waals surface area contributed by atoms with Gasteiger partial charge in [-0.25, -0.2) is 14.0 Å². The number of hydrogen-bond acceptors (Lipinski definition) is 6. The number of nitrogens with one attached hydrogen (secondary N) is 1. The molecule has 0 saturated heterocycles. The molecule has 37 heavy (non-hydrogen) atoms. The molecule has 4 rings (SSSR count). The zero-order valence-corrected chi connectivity index (χ0v) is 20.7. The number of carbonyl (C=O) groups is 2. The molecular weight excluding hydrogens is 481 g/mol. The molecule has 0 radical (unpaired) electrons. The molecule has 2 aromatic carbocycles. The second-order valence-electron chi connectivity index (χ2n) is 8.33.